The molecule has 0 bridgehead atoms. The summed E-state index contributed by atoms with van der Waals surface area (Å²) in [6.07, 6.45) is 4.96. The van der Waals surface area contributed by atoms with Crippen LogP contribution in [0.1, 0.15) is 25.7 Å². The first-order chi connectivity index (χ1) is 6.36. The van der Waals surface area contributed by atoms with Gasteiger partial charge in [0, 0.05) is 13.1 Å². The maximum Gasteiger partial charge on any atom is 0.224 e. The van der Waals surface area contributed by atoms with Crippen molar-refractivity contribution in [3.8, 4) is 0 Å². The summed E-state index contributed by atoms with van der Waals surface area (Å²) in [6.45, 7) is 2.87. The Morgan fingerprint density at radius 3 is 2.85 bits per heavy atom. The van der Waals surface area contributed by atoms with Gasteiger partial charge in [0.2, 0.25) is 5.91 Å². The Morgan fingerprint density at radius 2 is 2.15 bits per heavy atom. The van der Waals surface area contributed by atoms with Crippen LogP contribution in [0.15, 0.2) is 0 Å². The van der Waals surface area contributed by atoms with E-state index in [9.17, 15) is 4.79 Å². The van der Waals surface area contributed by atoms with E-state index in [1.165, 1.54) is 12.8 Å². The van der Waals surface area contributed by atoms with Gasteiger partial charge in [0.05, 0.1) is 5.92 Å². The second-order valence-corrected chi connectivity index (χ2v) is 4.23. The van der Waals surface area contributed by atoms with Gasteiger partial charge < -0.3 is 10.6 Å². The lowest BCUT2D eigenvalue weighted by Crippen LogP contribution is -2.41. The molecule has 1 aliphatic heterocycles. The lowest BCUT2D eigenvalue weighted by atomic mass is 9.99. The predicted molar refractivity (Wildman–Crippen MR) is 51.3 cm³/mol. The van der Waals surface area contributed by atoms with Gasteiger partial charge in [0.15, 0.2) is 0 Å². The fourth-order valence-corrected chi connectivity index (χ4v) is 1.81. The molecule has 2 rings (SSSR count). The average Bonchev–Trinajstić information content (AvgIpc) is 2.92. The number of amides is 1. The highest BCUT2D eigenvalue weighted by molar-refractivity contribution is 5.79. The van der Waals surface area contributed by atoms with Gasteiger partial charge >= 0.3 is 0 Å². The normalized spacial score (nSPS) is 28.6. The second-order valence-electron chi connectivity index (χ2n) is 4.23. The van der Waals surface area contributed by atoms with Crippen molar-refractivity contribution in [1.82, 2.24) is 10.6 Å². The SMILES string of the molecule is O=C1NCCCC1CNCC1CC1. The number of hydrogen-bond donors (Lipinski definition) is 2. The second kappa shape index (κ2) is 4.09. The van der Waals surface area contributed by atoms with Crippen molar-refractivity contribution in [3.63, 3.8) is 0 Å². The molecule has 1 unspecified atom stereocenters. The standard InChI is InChI=1S/C10H18N2O/c13-10-9(2-1-5-12-10)7-11-6-8-3-4-8/h8-9,11H,1-7H2,(H,12,13). The monoisotopic (exact) mass is 182 g/mol. The van der Waals surface area contributed by atoms with Crippen LogP contribution in [0.2, 0.25) is 0 Å². The maximum atomic E-state index is 11.3. The highest BCUT2D eigenvalue weighted by Gasteiger charge is 2.24. The van der Waals surface area contributed by atoms with E-state index in [1.54, 1.807) is 0 Å². The molecule has 2 fully saturated rings. The average molecular weight is 182 g/mol. The molecule has 1 saturated heterocycles. The molecule has 0 radical (unpaired) electrons. The molecular weight excluding hydrogens is 164 g/mol. The number of carbonyl (C=O) groups is 1. The highest BCUT2D eigenvalue weighted by atomic mass is 16.1. The van der Waals surface area contributed by atoms with Crippen molar-refractivity contribution >= 4 is 5.91 Å². The molecule has 3 heteroatoms. The predicted octanol–water partition coefficient (Wildman–Crippen LogP) is 0.512. The Kier molecular flexibility index (Phi) is 2.83. The summed E-state index contributed by atoms with van der Waals surface area (Å²) in [5.41, 5.74) is 0. The fraction of sp³-hybridized carbons (Fsp3) is 0.900. The molecule has 0 aromatic carbocycles. The number of hydrogen-bond acceptors (Lipinski definition) is 2. The van der Waals surface area contributed by atoms with E-state index in [0.717, 1.165) is 38.4 Å². The van der Waals surface area contributed by atoms with E-state index in [0.29, 0.717) is 0 Å². The van der Waals surface area contributed by atoms with Crippen LogP contribution in [0.3, 0.4) is 0 Å². The number of rotatable bonds is 4. The summed E-state index contributed by atoms with van der Waals surface area (Å²) in [5, 5.41) is 6.29. The minimum atomic E-state index is 0.229. The van der Waals surface area contributed by atoms with E-state index >= 15 is 0 Å². The van der Waals surface area contributed by atoms with Gasteiger partial charge in [-0.3, -0.25) is 4.79 Å². The highest BCUT2D eigenvalue weighted by Crippen LogP contribution is 2.27. The molecule has 13 heavy (non-hydrogen) atoms. The van der Waals surface area contributed by atoms with Gasteiger partial charge in [0.25, 0.3) is 0 Å². The molecule has 0 spiro atoms. The number of nitrogens with one attached hydrogen (secondary N) is 2. The maximum absolute atomic E-state index is 11.3. The van der Waals surface area contributed by atoms with Crippen molar-refractivity contribution in [2.75, 3.05) is 19.6 Å². The quantitative estimate of drug-likeness (QED) is 0.665. The van der Waals surface area contributed by atoms with E-state index in [2.05, 4.69) is 10.6 Å². The van der Waals surface area contributed by atoms with Gasteiger partial charge in [-0.05, 0) is 38.1 Å². The summed E-state index contributed by atoms with van der Waals surface area (Å²) < 4.78 is 0. The molecule has 2 aliphatic rings. The van der Waals surface area contributed by atoms with Gasteiger partial charge in [-0.25, -0.2) is 0 Å². The van der Waals surface area contributed by atoms with E-state index in [1.807, 2.05) is 0 Å². The Bertz CT molecular complexity index is 189. The Hall–Kier alpha value is -0.570. The van der Waals surface area contributed by atoms with Gasteiger partial charge in [-0.15, -0.1) is 0 Å². The minimum Gasteiger partial charge on any atom is -0.356 e. The van der Waals surface area contributed by atoms with Gasteiger partial charge in [0.1, 0.15) is 0 Å². The van der Waals surface area contributed by atoms with Gasteiger partial charge in [-0.2, -0.15) is 0 Å². The summed E-state index contributed by atoms with van der Waals surface area (Å²) in [4.78, 5) is 11.3. The first kappa shape index (κ1) is 9.00. The van der Waals surface area contributed by atoms with Crippen LogP contribution < -0.4 is 10.6 Å². The zero-order chi connectivity index (χ0) is 9.10. The molecule has 1 saturated carbocycles. The van der Waals surface area contributed by atoms with E-state index < -0.39 is 0 Å². The van der Waals surface area contributed by atoms with E-state index in [4.69, 9.17) is 0 Å². The summed E-state index contributed by atoms with van der Waals surface area (Å²) >= 11 is 0. The number of carbonyl (C=O) groups excluding carboxylic acids is 1. The molecule has 1 amide bonds. The number of piperidine rings is 1. The minimum absolute atomic E-state index is 0.229. The zero-order valence-electron chi connectivity index (χ0n) is 8.01. The van der Waals surface area contributed by atoms with Crippen LogP contribution in [0, 0.1) is 11.8 Å². The molecule has 0 aromatic heterocycles. The third-order valence-electron chi connectivity index (χ3n) is 2.92. The molecule has 0 aromatic rings. The van der Waals surface area contributed by atoms with Crippen LogP contribution in [0.5, 0.6) is 0 Å². The van der Waals surface area contributed by atoms with Crippen molar-refractivity contribution < 1.29 is 4.79 Å². The molecule has 3 nitrogen and oxygen atoms in total. The van der Waals surface area contributed by atoms with E-state index in [-0.39, 0.29) is 11.8 Å². The van der Waals surface area contributed by atoms with Crippen molar-refractivity contribution in [1.29, 1.82) is 0 Å². The van der Waals surface area contributed by atoms with Crippen molar-refractivity contribution in [2.45, 2.75) is 25.7 Å². The molecule has 74 valence electrons. The third-order valence-corrected chi connectivity index (χ3v) is 2.92. The Labute approximate surface area is 79.3 Å². The van der Waals surface area contributed by atoms with Crippen LogP contribution in [0.4, 0.5) is 0 Å². The lowest BCUT2D eigenvalue weighted by molar-refractivity contribution is -0.126. The molecule has 2 N–H and O–H groups in total. The molecule has 1 heterocycles. The molecule has 1 atom stereocenters. The van der Waals surface area contributed by atoms with Crippen LogP contribution >= 0.6 is 0 Å². The summed E-state index contributed by atoms with van der Waals surface area (Å²) in [5.74, 6) is 1.38. The van der Waals surface area contributed by atoms with Crippen LogP contribution in [-0.2, 0) is 4.79 Å². The van der Waals surface area contributed by atoms with Gasteiger partial charge in [-0.1, -0.05) is 0 Å². The smallest absolute Gasteiger partial charge is 0.224 e. The van der Waals surface area contributed by atoms with Crippen molar-refractivity contribution in [3.05, 3.63) is 0 Å². The zero-order valence-corrected chi connectivity index (χ0v) is 8.01. The van der Waals surface area contributed by atoms with Crippen molar-refractivity contribution in [2.24, 2.45) is 11.8 Å². The van der Waals surface area contributed by atoms with Crippen LogP contribution in [0.25, 0.3) is 0 Å². The largest absolute Gasteiger partial charge is 0.356 e. The third kappa shape index (κ3) is 2.69. The summed E-state index contributed by atoms with van der Waals surface area (Å²) in [6, 6.07) is 0. The lowest BCUT2D eigenvalue weighted by Gasteiger charge is -2.21. The first-order valence-corrected chi connectivity index (χ1v) is 5.34. The Morgan fingerprint density at radius 1 is 1.31 bits per heavy atom. The fourth-order valence-electron chi connectivity index (χ4n) is 1.81. The molecular formula is C10H18N2O. The first-order valence-electron chi connectivity index (χ1n) is 5.34. The molecule has 1 aliphatic carbocycles. The topological polar surface area (TPSA) is 41.1 Å². The Balaban J connectivity index is 1.63. The summed E-state index contributed by atoms with van der Waals surface area (Å²) in [7, 11) is 0. The van der Waals surface area contributed by atoms with Crippen LogP contribution in [-0.4, -0.2) is 25.5 Å².